The van der Waals surface area contributed by atoms with Crippen molar-refractivity contribution in [3.63, 3.8) is 0 Å². The van der Waals surface area contributed by atoms with Gasteiger partial charge in [-0.15, -0.1) is 0 Å². The van der Waals surface area contributed by atoms with Crippen molar-refractivity contribution < 1.29 is 17.9 Å². The third-order valence-corrected chi connectivity index (χ3v) is 8.09. The van der Waals surface area contributed by atoms with Crippen molar-refractivity contribution in [3.05, 3.63) is 59.8 Å². The Hall–Kier alpha value is -4.07. The number of carbonyl (C=O) groups excluding carboxylic acids is 1. The maximum atomic E-state index is 12.4. The van der Waals surface area contributed by atoms with E-state index in [1.807, 2.05) is 44.2 Å². The lowest BCUT2D eigenvalue weighted by atomic mass is 10.1. The Labute approximate surface area is 251 Å². The molecule has 14 heteroatoms. The summed E-state index contributed by atoms with van der Waals surface area (Å²) in [5.74, 6) is 0.613. The van der Waals surface area contributed by atoms with Crippen LogP contribution in [0.15, 0.2) is 49.2 Å². The summed E-state index contributed by atoms with van der Waals surface area (Å²) in [6, 6.07) is 9.08. The number of nitrogens with zero attached hydrogens (tertiary/aromatic N) is 5. The number of aromatic nitrogens is 2. The summed E-state index contributed by atoms with van der Waals surface area (Å²) >= 11 is 6.45. The van der Waals surface area contributed by atoms with Crippen LogP contribution >= 0.6 is 11.6 Å². The van der Waals surface area contributed by atoms with E-state index in [-0.39, 0.29) is 22.7 Å². The second-order valence-electron chi connectivity index (χ2n) is 10.0. The Morgan fingerprint density at radius 1 is 1.17 bits per heavy atom. The smallest absolute Gasteiger partial charge is 0.247 e. The lowest BCUT2D eigenvalue weighted by molar-refractivity contribution is -0.111. The van der Waals surface area contributed by atoms with Gasteiger partial charge >= 0.3 is 0 Å². The number of halogens is 1. The number of amides is 1. The van der Waals surface area contributed by atoms with Crippen LogP contribution in [-0.2, 0) is 21.2 Å². The lowest BCUT2D eigenvalue weighted by Crippen LogP contribution is -2.29. The third kappa shape index (κ3) is 7.04. The van der Waals surface area contributed by atoms with Crippen LogP contribution in [0, 0.1) is 0 Å². The first kappa shape index (κ1) is 30.9. The van der Waals surface area contributed by atoms with E-state index in [1.165, 1.54) is 22.8 Å². The van der Waals surface area contributed by atoms with E-state index in [4.69, 9.17) is 16.3 Å². The monoisotopic (exact) mass is 614 g/mol. The molecule has 0 bridgehead atoms. The van der Waals surface area contributed by atoms with Crippen LogP contribution in [0.5, 0.6) is 5.75 Å². The summed E-state index contributed by atoms with van der Waals surface area (Å²) in [6.07, 6.45) is 4.43. The van der Waals surface area contributed by atoms with Crippen LogP contribution in [0.4, 0.5) is 40.2 Å². The van der Waals surface area contributed by atoms with Crippen molar-refractivity contribution in [1.82, 2.24) is 14.9 Å². The zero-order valence-corrected chi connectivity index (χ0v) is 25.8. The lowest BCUT2D eigenvalue weighted by Gasteiger charge is -2.26. The number of methoxy groups -OCH3 is 1. The second kappa shape index (κ2) is 12.8. The van der Waals surface area contributed by atoms with Crippen molar-refractivity contribution in [1.29, 1.82) is 0 Å². The van der Waals surface area contributed by atoms with Gasteiger partial charge in [0.25, 0.3) is 0 Å². The molecule has 2 heterocycles. The normalized spacial score (nSPS) is 12.6. The van der Waals surface area contributed by atoms with Gasteiger partial charge in [-0.2, -0.15) is 4.98 Å². The highest BCUT2D eigenvalue weighted by atomic mass is 35.5. The Morgan fingerprint density at radius 3 is 2.60 bits per heavy atom. The first-order chi connectivity index (χ1) is 19.9. The maximum Gasteiger partial charge on any atom is 0.247 e. The minimum atomic E-state index is -3.47. The van der Waals surface area contributed by atoms with Crippen LogP contribution in [0.1, 0.15) is 5.56 Å². The number of ether oxygens (including phenoxy) is 1. The molecule has 1 aliphatic rings. The number of likely N-dealkylation sites (N-methyl/N-ethyl adjacent to an activating group) is 2. The number of fused-ring (bicyclic) bond motifs is 1. The zero-order valence-electron chi connectivity index (χ0n) is 24.2. The first-order valence-corrected chi connectivity index (χ1v) is 15.3. The molecular weight excluding hydrogens is 580 g/mol. The molecular formula is C28H35ClN8O4S. The van der Waals surface area contributed by atoms with Gasteiger partial charge < -0.3 is 30.5 Å². The van der Waals surface area contributed by atoms with Crippen LogP contribution in [0.25, 0.3) is 0 Å². The molecule has 224 valence electrons. The molecule has 42 heavy (non-hydrogen) atoms. The number of para-hydroxylation sites is 1. The quantitative estimate of drug-likeness (QED) is 0.257. The predicted octanol–water partition coefficient (Wildman–Crippen LogP) is 4.07. The Kier molecular flexibility index (Phi) is 9.44. The van der Waals surface area contributed by atoms with E-state index in [1.54, 1.807) is 19.2 Å². The number of rotatable bonds is 12. The van der Waals surface area contributed by atoms with Crippen molar-refractivity contribution in [2.24, 2.45) is 0 Å². The van der Waals surface area contributed by atoms with E-state index in [0.717, 1.165) is 17.8 Å². The molecule has 0 atom stereocenters. The fourth-order valence-corrected chi connectivity index (χ4v) is 5.63. The summed E-state index contributed by atoms with van der Waals surface area (Å²) in [4.78, 5) is 25.2. The van der Waals surface area contributed by atoms with E-state index in [9.17, 15) is 13.2 Å². The van der Waals surface area contributed by atoms with Crippen molar-refractivity contribution in [2.75, 3.05) is 79.3 Å². The van der Waals surface area contributed by atoms with Crippen LogP contribution in [0.2, 0.25) is 5.02 Å². The molecule has 0 spiro atoms. The molecule has 3 aromatic rings. The summed E-state index contributed by atoms with van der Waals surface area (Å²) < 4.78 is 31.9. The molecule has 1 aliphatic heterocycles. The van der Waals surface area contributed by atoms with Gasteiger partial charge in [-0.1, -0.05) is 30.3 Å². The summed E-state index contributed by atoms with van der Waals surface area (Å²) in [5.41, 5.74) is 3.82. The minimum Gasteiger partial charge on any atom is -0.494 e. The molecule has 0 unspecified atom stereocenters. The molecule has 0 fully saturated rings. The maximum absolute atomic E-state index is 12.4. The van der Waals surface area contributed by atoms with Gasteiger partial charge in [0.2, 0.25) is 21.9 Å². The molecule has 0 saturated heterocycles. The standard InChI is InChI=1S/C28H35ClN8O4S/c1-7-25(38)31-21-15-22(24(41-5)16-23(21)36(4)14-13-35(2)3)33-28-30-17-19(29)27(34-28)32-20-10-8-9-18-11-12-37(26(18)20)42(6,39)40/h7-10,15-17H,1,11-14H2,2-6H3,(H,31,38)(H2,30,32,33,34). The fraction of sp³-hybridized carbons (Fsp3) is 0.321. The van der Waals surface area contributed by atoms with Gasteiger partial charge in [0.1, 0.15) is 10.8 Å². The van der Waals surface area contributed by atoms with Crippen LogP contribution < -0.4 is 29.9 Å². The van der Waals surface area contributed by atoms with Gasteiger partial charge in [0.05, 0.1) is 48.0 Å². The van der Waals surface area contributed by atoms with E-state index in [0.29, 0.717) is 48.0 Å². The van der Waals surface area contributed by atoms with E-state index < -0.39 is 10.0 Å². The van der Waals surface area contributed by atoms with Gasteiger partial charge in [0, 0.05) is 32.7 Å². The molecule has 1 amide bonds. The molecule has 0 aliphatic carbocycles. The van der Waals surface area contributed by atoms with Crippen LogP contribution in [0.3, 0.4) is 0 Å². The highest BCUT2D eigenvalue weighted by Gasteiger charge is 2.29. The number of sulfonamides is 1. The minimum absolute atomic E-state index is 0.197. The molecule has 0 saturated carbocycles. The van der Waals surface area contributed by atoms with E-state index in [2.05, 4.69) is 37.4 Å². The molecule has 4 rings (SSSR count). The van der Waals surface area contributed by atoms with Crippen molar-refractivity contribution in [2.45, 2.75) is 6.42 Å². The molecule has 0 radical (unpaired) electrons. The Bertz CT molecular complexity index is 1600. The number of nitrogens with one attached hydrogen (secondary N) is 3. The Morgan fingerprint density at radius 2 is 1.93 bits per heavy atom. The van der Waals surface area contributed by atoms with Crippen molar-refractivity contribution in [3.8, 4) is 5.75 Å². The molecule has 12 nitrogen and oxygen atoms in total. The SMILES string of the molecule is C=CC(=O)Nc1cc(Nc2ncc(Cl)c(Nc3cccc4c3N(S(C)(=O)=O)CC4)n2)c(OC)cc1N(C)CCN(C)C. The second-order valence-corrected chi connectivity index (χ2v) is 12.3. The van der Waals surface area contributed by atoms with Crippen molar-refractivity contribution >= 4 is 67.7 Å². The highest BCUT2D eigenvalue weighted by Crippen LogP contribution is 2.40. The highest BCUT2D eigenvalue weighted by molar-refractivity contribution is 7.92. The summed E-state index contributed by atoms with van der Waals surface area (Å²) in [6.45, 7) is 5.43. The van der Waals surface area contributed by atoms with Crippen LogP contribution in [-0.4, -0.2) is 83.3 Å². The third-order valence-electron chi connectivity index (χ3n) is 6.65. The number of anilines is 7. The zero-order chi connectivity index (χ0) is 30.6. The number of hydrogen-bond donors (Lipinski definition) is 3. The predicted molar refractivity (Wildman–Crippen MR) is 170 cm³/mol. The van der Waals surface area contributed by atoms with Gasteiger partial charge in [0.15, 0.2) is 5.82 Å². The number of hydrogen-bond acceptors (Lipinski definition) is 10. The van der Waals surface area contributed by atoms with Gasteiger partial charge in [-0.25, -0.2) is 13.4 Å². The first-order valence-electron chi connectivity index (χ1n) is 13.1. The van der Waals surface area contributed by atoms with Gasteiger partial charge in [-0.05, 0) is 44.3 Å². The average molecular weight is 615 g/mol. The molecule has 1 aromatic heterocycles. The summed E-state index contributed by atoms with van der Waals surface area (Å²) in [7, 11) is 3.99. The topological polar surface area (TPSA) is 132 Å². The van der Waals surface area contributed by atoms with Gasteiger partial charge in [-0.3, -0.25) is 9.10 Å². The Balaban J connectivity index is 1.68. The number of carbonyl (C=O) groups is 1. The molecule has 2 aromatic carbocycles. The number of benzene rings is 2. The largest absolute Gasteiger partial charge is 0.494 e. The van der Waals surface area contributed by atoms with E-state index >= 15 is 0 Å². The fourth-order valence-electron chi connectivity index (χ4n) is 4.52. The summed E-state index contributed by atoms with van der Waals surface area (Å²) in [5, 5.41) is 9.44. The average Bonchev–Trinajstić information content (AvgIpc) is 3.40. The molecule has 3 N–H and O–H groups in total.